The summed E-state index contributed by atoms with van der Waals surface area (Å²) < 4.78 is 11.7. The molecule has 3 aliphatic rings. The number of piperazine rings is 1. The minimum atomic E-state index is -0.295. The second-order valence-electron chi connectivity index (χ2n) is 10.4. The fourth-order valence-corrected chi connectivity index (χ4v) is 5.27. The Bertz CT molecular complexity index is 1160. The van der Waals surface area contributed by atoms with Crippen molar-refractivity contribution in [3.63, 3.8) is 0 Å². The van der Waals surface area contributed by atoms with Gasteiger partial charge in [-0.2, -0.15) is 5.26 Å². The summed E-state index contributed by atoms with van der Waals surface area (Å²) in [5.74, 6) is 2.67. The molecule has 1 atom stereocenters. The van der Waals surface area contributed by atoms with E-state index in [9.17, 15) is 10.1 Å². The molecule has 4 heterocycles. The van der Waals surface area contributed by atoms with E-state index in [0.717, 1.165) is 41.2 Å². The van der Waals surface area contributed by atoms with Crippen molar-refractivity contribution >= 4 is 11.7 Å². The van der Waals surface area contributed by atoms with Crippen LogP contribution in [0.15, 0.2) is 10.5 Å². The van der Waals surface area contributed by atoms with Gasteiger partial charge in [-0.1, -0.05) is 0 Å². The number of furan rings is 1. The number of nitrogens with zero attached hydrogens (tertiary/aromatic N) is 4. The second kappa shape index (κ2) is 7.88. The number of carbonyl (C=O) groups is 1. The third-order valence-corrected chi connectivity index (χ3v) is 7.17. The highest BCUT2D eigenvalue weighted by molar-refractivity contribution is 5.95. The highest BCUT2D eigenvalue weighted by Crippen LogP contribution is 2.45. The number of pyridine rings is 1. The molecule has 174 valence electrons. The number of ether oxygens (including phenoxy) is 1. The molecule has 0 bridgehead atoms. The molecule has 0 unspecified atom stereocenters. The number of aryl methyl sites for hydroxylation is 2. The summed E-state index contributed by atoms with van der Waals surface area (Å²) in [5, 5.41) is 10.2. The van der Waals surface area contributed by atoms with Gasteiger partial charge in [-0.25, -0.2) is 4.98 Å². The minimum absolute atomic E-state index is 0.00520. The lowest BCUT2D eigenvalue weighted by atomic mass is 9.87. The van der Waals surface area contributed by atoms with Crippen LogP contribution in [0.2, 0.25) is 0 Å². The number of carbonyl (C=O) groups excluding carboxylic acids is 1. The van der Waals surface area contributed by atoms with E-state index in [1.54, 1.807) is 0 Å². The Morgan fingerprint density at radius 3 is 2.61 bits per heavy atom. The van der Waals surface area contributed by atoms with Crippen LogP contribution < -0.4 is 4.90 Å². The molecule has 0 aromatic carbocycles. The predicted octanol–water partition coefficient (Wildman–Crippen LogP) is 4.24. The maximum Gasteiger partial charge on any atom is 0.257 e. The van der Waals surface area contributed by atoms with Crippen LogP contribution in [-0.4, -0.2) is 47.1 Å². The Morgan fingerprint density at radius 2 is 2.00 bits per heavy atom. The maximum atomic E-state index is 13.2. The van der Waals surface area contributed by atoms with E-state index in [1.165, 1.54) is 0 Å². The van der Waals surface area contributed by atoms with E-state index >= 15 is 0 Å². The van der Waals surface area contributed by atoms with E-state index in [4.69, 9.17) is 14.1 Å². The highest BCUT2D eigenvalue weighted by Gasteiger charge is 2.38. The van der Waals surface area contributed by atoms with Gasteiger partial charge in [0.2, 0.25) is 0 Å². The van der Waals surface area contributed by atoms with Gasteiger partial charge in [-0.05, 0) is 59.1 Å². The molecule has 0 radical (unpaired) electrons. The molecule has 33 heavy (non-hydrogen) atoms. The molecule has 2 aromatic heterocycles. The Hall–Kier alpha value is -2.85. The fraction of sp³-hybridized carbons (Fsp3) is 0.577. The van der Waals surface area contributed by atoms with Crippen molar-refractivity contribution in [3.05, 3.63) is 45.5 Å². The Morgan fingerprint density at radius 1 is 1.24 bits per heavy atom. The average Bonchev–Trinajstić information content (AvgIpc) is 3.54. The molecule has 2 fully saturated rings. The van der Waals surface area contributed by atoms with E-state index in [1.807, 2.05) is 24.8 Å². The van der Waals surface area contributed by atoms with E-state index < -0.39 is 0 Å². The molecule has 1 aliphatic carbocycles. The number of fused-ring (bicyclic) bond motifs is 1. The topological polar surface area (TPSA) is 82.6 Å². The average molecular weight is 449 g/mol. The predicted molar refractivity (Wildman–Crippen MR) is 124 cm³/mol. The van der Waals surface area contributed by atoms with Crippen molar-refractivity contribution < 1.29 is 13.9 Å². The van der Waals surface area contributed by atoms with Gasteiger partial charge in [0, 0.05) is 43.6 Å². The molecule has 7 heteroatoms. The Labute approximate surface area is 195 Å². The first-order valence-corrected chi connectivity index (χ1v) is 11.9. The van der Waals surface area contributed by atoms with Crippen molar-refractivity contribution in [2.45, 2.75) is 78.0 Å². The van der Waals surface area contributed by atoms with Crippen molar-refractivity contribution in [2.75, 3.05) is 24.5 Å². The van der Waals surface area contributed by atoms with E-state index in [0.29, 0.717) is 55.5 Å². The molecular formula is C26H32N4O3. The van der Waals surface area contributed by atoms with Crippen LogP contribution in [0.1, 0.15) is 83.8 Å². The summed E-state index contributed by atoms with van der Waals surface area (Å²) in [6.45, 7) is 12.3. The SMILES string of the molecule is Cc1cc(C(=O)N2CCN(c3nc(C4CC4)c4c(c3C#N)CC(C)(C)OC4)C[C@H]2C)c(C)o1. The molecule has 2 aliphatic heterocycles. The van der Waals surface area contributed by atoms with Gasteiger partial charge in [-0.15, -0.1) is 0 Å². The Kier molecular flexibility index (Phi) is 5.24. The molecule has 1 amide bonds. The molecule has 7 nitrogen and oxygen atoms in total. The first kappa shape index (κ1) is 22.0. The van der Waals surface area contributed by atoms with Gasteiger partial charge in [0.15, 0.2) is 0 Å². The normalized spacial score (nSPS) is 22.1. The summed E-state index contributed by atoms with van der Waals surface area (Å²) in [4.78, 5) is 22.4. The van der Waals surface area contributed by atoms with Crippen molar-refractivity contribution in [1.29, 1.82) is 5.26 Å². The summed E-state index contributed by atoms with van der Waals surface area (Å²) in [6.07, 6.45) is 3.01. The zero-order valence-corrected chi connectivity index (χ0v) is 20.2. The number of aromatic nitrogens is 1. The van der Waals surface area contributed by atoms with Crippen LogP contribution in [0.4, 0.5) is 5.82 Å². The molecule has 5 rings (SSSR count). The lowest BCUT2D eigenvalue weighted by Gasteiger charge is -2.41. The molecule has 2 aromatic rings. The van der Waals surface area contributed by atoms with Crippen molar-refractivity contribution in [2.24, 2.45) is 0 Å². The molecule has 1 saturated heterocycles. The van der Waals surface area contributed by atoms with Gasteiger partial charge < -0.3 is 19.0 Å². The molecular weight excluding hydrogens is 416 g/mol. The Balaban J connectivity index is 1.46. The largest absolute Gasteiger partial charge is 0.466 e. The summed E-state index contributed by atoms with van der Waals surface area (Å²) in [6, 6.07) is 4.29. The quantitative estimate of drug-likeness (QED) is 0.698. The number of rotatable bonds is 3. The summed E-state index contributed by atoms with van der Waals surface area (Å²) in [7, 11) is 0. The van der Waals surface area contributed by atoms with Crippen LogP contribution >= 0.6 is 0 Å². The lowest BCUT2D eigenvalue weighted by molar-refractivity contribution is -0.0407. The van der Waals surface area contributed by atoms with E-state index in [-0.39, 0.29) is 17.6 Å². The maximum absolute atomic E-state index is 13.2. The lowest BCUT2D eigenvalue weighted by Crippen LogP contribution is -2.54. The smallest absolute Gasteiger partial charge is 0.257 e. The number of nitriles is 1. The highest BCUT2D eigenvalue weighted by atomic mass is 16.5. The standard InChI is InChI=1S/C26H32N4O3/c1-15-13-29(8-9-30(15)25(31)19-10-16(2)33-17(19)3)24-21(12-27)20-11-26(4,5)32-14-22(20)23(28-24)18-6-7-18/h10,15,18H,6-9,11,13-14H2,1-5H3/t15-/m1/s1. The van der Waals surface area contributed by atoms with Crippen LogP contribution in [0.5, 0.6) is 0 Å². The van der Waals surface area contributed by atoms with Crippen LogP contribution in [0.25, 0.3) is 0 Å². The first-order chi connectivity index (χ1) is 15.7. The number of hydrogen-bond acceptors (Lipinski definition) is 6. The number of amides is 1. The van der Waals surface area contributed by atoms with Gasteiger partial charge in [-0.3, -0.25) is 4.79 Å². The zero-order chi connectivity index (χ0) is 23.5. The van der Waals surface area contributed by atoms with Gasteiger partial charge in [0.1, 0.15) is 23.4 Å². The summed E-state index contributed by atoms with van der Waals surface area (Å²) in [5.41, 5.74) is 4.37. The van der Waals surface area contributed by atoms with E-state index in [2.05, 4.69) is 31.7 Å². The molecule has 1 saturated carbocycles. The summed E-state index contributed by atoms with van der Waals surface area (Å²) >= 11 is 0. The number of anilines is 1. The van der Waals surface area contributed by atoms with Gasteiger partial charge in [0.05, 0.1) is 29.0 Å². The monoisotopic (exact) mass is 448 g/mol. The van der Waals surface area contributed by atoms with Crippen LogP contribution in [-0.2, 0) is 17.8 Å². The first-order valence-electron chi connectivity index (χ1n) is 11.9. The van der Waals surface area contributed by atoms with Crippen molar-refractivity contribution in [3.8, 4) is 6.07 Å². The zero-order valence-electron chi connectivity index (χ0n) is 20.2. The second-order valence-corrected chi connectivity index (χ2v) is 10.4. The van der Waals surface area contributed by atoms with Gasteiger partial charge >= 0.3 is 0 Å². The third kappa shape index (κ3) is 3.91. The number of hydrogen-bond donors (Lipinski definition) is 0. The fourth-order valence-electron chi connectivity index (χ4n) is 5.27. The van der Waals surface area contributed by atoms with Gasteiger partial charge in [0.25, 0.3) is 5.91 Å². The molecule has 0 N–H and O–H groups in total. The minimum Gasteiger partial charge on any atom is -0.466 e. The van der Waals surface area contributed by atoms with Crippen LogP contribution in [0, 0.1) is 25.2 Å². The third-order valence-electron chi connectivity index (χ3n) is 7.17. The van der Waals surface area contributed by atoms with Crippen molar-refractivity contribution in [1.82, 2.24) is 9.88 Å². The molecule has 0 spiro atoms. The van der Waals surface area contributed by atoms with Crippen LogP contribution in [0.3, 0.4) is 0 Å².